The Kier molecular flexibility index (Phi) is 6.81. The zero-order chi connectivity index (χ0) is 23.5. The first-order valence-electron chi connectivity index (χ1n) is 12.2. The number of carbonyl (C=O) groups is 1. The maximum atomic E-state index is 11.0. The first kappa shape index (κ1) is 22.8. The number of pyridine rings is 1. The molecule has 178 valence electrons. The first-order chi connectivity index (χ1) is 16.6. The van der Waals surface area contributed by atoms with Crippen LogP contribution in [0.5, 0.6) is 0 Å². The van der Waals surface area contributed by atoms with Crippen LogP contribution in [0.4, 0.5) is 5.82 Å². The van der Waals surface area contributed by atoms with Crippen LogP contribution in [0.2, 0.25) is 5.02 Å². The number of H-pyrrole nitrogens is 1. The average molecular weight is 480 g/mol. The van der Waals surface area contributed by atoms with Crippen molar-refractivity contribution in [1.82, 2.24) is 20.2 Å². The number of carboxylic acids is 1. The van der Waals surface area contributed by atoms with E-state index in [9.17, 15) is 4.79 Å². The predicted molar refractivity (Wildman–Crippen MR) is 133 cm³/mol. The highest BCUT2D eigenvalue weighted by Crippen LogP contribution is 2.39. The number of rotatable bonds is 6. The topological polar surface area (TPSA) is 95.0 Å². The lowest BCUT2D eigenvalue weighted by atomic mass is 9.72. The molecule has 5 rings (SSSR count). The molecule has 0 radical (unpaired) electrons. The van der Waals surface area contributed by atoms with E-state index in [-0.39, 0.29) is 0 Å². The van der Waals surface area contributed by atoms with Crippen LogP contribution < -0.4 is 4.90 Å². The molecule has 1 aliphatic carbocycles. The molecular formula is C26H30ClN5O2. The van der Waals surface area contributed by atoms with Gasteiger partial charge in [-0.3, -0.25) is 4.79 Å². The molecule has 2 aliphatic rings. The Balaban J connectivity index is 1.16. The van der Waals surface area contributed by atoms with E-state index in [1.54, 1.807) is 0 Å². The highest BCUT2D eigenvalue weighted by Gasteiger charge is 2.31. The van der Waals surface area contributed by atoms with Gasteiger partial charge >= 0.3 is 5.97 Å². The Morgan fingerprint density at radius 3 is 2.35 bits per heavy atom. The number of aliphatic carboxylic acids is 1. The van der Waals surface area contributed by atoms with Gasteiger partial charge in [0.05, 0.1) is 5.02 Å². The number of halogens is 1. The smallest absolute Gasteiger partial charge is 0.303 e. The number of nitrogens with one attached hydrogen (secondary N) is 1. The van der Waals surface area contributed by atoms with E-state index in [1.165, 1.54) is 25.7 Å². The summed E-state index contributed by atoms with van der Waals surface area (Å²) in [5, 5.41) is 18.2. The van der Waals surface area contributed by atoms with Gasteiger partial charge in [0.15, 0.2) is 11.6 Å². The van der Waals surface area contributed by atoms with E-state index in [0.717, 1.165) is 54.7 Å². The molecule has 1 saturated carbocycles. The van der Waals surface area contributed by atoms with Gasteiger partial charge < -0.3 is 15.0 Å². The second-order valence-electron chi connectivity index (χ2n) is 9.61. The molecule has 1 aromatic carbocycles. The molecule has 2 aromatic heterocycles. The number of aromatic nitrogens is 4. The Morgan fingerprint density at radius 2 is 1.68 bits per heavy atom. The van der Waals surface area contributed by atoms with Crippen molar-refractivity contribution in [3.05, 3.63) is 47.6 Å². The molecule has 8 heteroatoms. The normalized spacial score (nSPS) is 21.5. The highest BCUT2D eigenvalue weighted by atomic mass is 35.5. The fourth-order valence-corrected chi connectivity index (χ4v) is 5.82. The van der Waals surface area contributed by atoms with Crippen LogP contribution in [0.25, 0.3) is 22.8 Å². The monoisotopic (exact) mass is 479 g/mol. The number of nitrogens with zero attached hydrogens (tertiary/aromatic N) is 4. The summed E-state index contributed by atoms with van der Waals surface area (Å²) < 4.78 is 0. The lowest BCUT2D eigenvalue weighted by Crippen LogP contribution is -2.37. The van der Waals surface area contributed by atoms with Crippen molar-refractivity contribution in [2.45, 2.75) is 44.9 Å². The van der Waals surface area contributed by atoms with Gasteiger partial charge in [-0.15, -0.1) is 10.2 Å². The lowest BCUT2D eigenvalue weighted by Gasteiger charge is -2.39. The molecule has 0 amide bonds. The van der Waals surface area contributed by atoms with Gasteiger partial charge in [0.1, 0.15) is 5.82 Å². The Bertz CT molecular complexity index is 1120. The SMILES string of the molecule is O=C(O)C[C@H]1CC[C@@H](C2CCN(c3ccc(-c4nnc(-c5ccccc5Cl)[nH]4)cn3)CC2)CC1. The van der Waals surface area contributed by atoms with Crippen LogP contribution in [0, 0.1) is 17.8 Å². The van der Waals surface area contributed by atoms with Gasteiger partial charge in [-0.25, -0.2) is 4.98 Å². The van der Waals surface area contributed by atoms with E-state index < -0.39 is 5.97 Å². The second-order valence-corrected chi connectivity index (χ2v) is 10.0. The van der Waals surface area contributed by atoms with E-state index in [0.29, 0.717) is 29.0 Å². The summed E-state index contributed by atoms with van der Waals surface area (Å²) in [6, 6.07) is 11.7. The standard InChI is InChI=1S/C26H30ClN5O2/c27-22-4-2-1-3-21(22)26-29-25(30-31-26)20-9-10-23(28-16-20)32-13-11-19(12-14-32)18-7-5-17(6-8-18)15-24(33)34/h1-4,9-10,16-19H,5-8,11-15H2,(H,33,34)(H,29,30,31)/t17-,18+. The van der Waals surface area contributed by atoms with Crippen molar-refractivity contribution in [1.29, 1.82) is 0 Å². The molecule has 0 spiro atoms. The fraction of sp³-hybridized carbons (Fsp3) is 0.462. The van der Waals surface area contributed by atoms with Crippen molar-refractivity contribution in [3.63, 3.8) is 0 Å². The van der Waals surface area contributed by atoms with E-state index >= 15 is 0 Å². The number of piperidine rings is 1. The summed E-state index contributed by atoms with van der Waals surface area (Å²) in [7, 11) is 0. The molecule has 1 aliphatic heterocycles. The van der Waals surface area contributed by atoms with Crippen molar-refractivity contribution in [2.75, 3.05) is 18.0 Å². The molecule has 0 atom stereocenters. The van der Waals surface area contributed by atoms with Gasteiger partial charge in [0.2, 0.25) is 0 Å². The molecule has 2 fully saturated rings. The number of hydrogen-bond donors (Lipinski definition) is 2. The summed E-state index contributed by atoms with van der Waals surface area (Å²) in [5.74, 6) is 3.54. The molecule has 3 heterocycles. The maximum absolute atomic E-state index is 11.0. The first-order valence-corrected chi connectivity index (χ1v) is 12.6. The van der Waals surface area contributed by atoms with Crippen molar-refractivity contribution in [2.24, 2.45) is 17.8 Å². The van der Waals surface area contributed by atoms with Gasteiger partial charge in [0, 0.05) is 36.8 Å². The van der Waals surface area contributed by atoms with Gasteiger partial charge in [-0.1, -0.05) is 23.7 Å². The van der Waals surface area contributed by atoms with Crippen molar-refractivity contribution < 1.29 is 9.90 Å². The third kappa shape index (κ3) is 5.09. The summed E-state index contributed by atoms with van der Waals surface area (Å²) in [4.78, 5) is 21.3. The minimum absolute atomic E-state index is 0.336. The van der Waals surface area contributed by atoms with Crippen molar-refractivity contribution in [3.8, 4) is 22.8 Å². The highest BCUT2D eigenvalue weighted by molar-refractivity contribution is 6.33. The minimum atomic E-state index is -0.653. The Hall–Kier alpha value is -2.93. The van der Waals surface area contributed by atoms with E-state index in [2.05, 4.69) is 26.1 Å². The molecule has 2 N–H and O–H groups in total. The summed E-state index contributed by atoms with van der Waals surface area (Å²) in [5.41, 5.74) is 1.72. The quantitative estimate of drug-likeness (QED) is 0.472. The number of hydrogen-bond acceptors (Lipinski definition) is 5. The zero-order valence-electron chi connectivity index (χ0n) is 19.2. The zero-order valence-corrected chi connectivity index (χ0v) is 19.9. The second kappa shape index (κ2) is 10.1. The van der Waals surface area contributed by atoms with E-state index in [1.807, 2.05) is 36.5 Å². The van der Waals surface area contributed by atoms with Gasteiger partial charge in [0.25, 0.3) is 0 Å². The Morgan fingerprint density at radius 1 is 0.971 bits per heavy atom. The molecule has 34 heavy (non-hydrogen) atoms. The number of carboxylic acid groups (broad SMARTS) is 1. The third-order valence-corrected chi connectivity index (χ3v) is 7.85. The van der Waals surface area contributed by atoms with Crippen LogP contribution in [0.3, 0.4) is 0 Å². The van der Waals surface area contributed by atoms with Gasteiger partial charge in [-0.05, 0) is 80.5 Å². The Labute approximate surface area is 204 Å². The lowest BCUT2D eigenvalue weighted by molar-refractivity contribution is -0.138. The van der Waals surface area contributed by atoms with Crippen LogP contribution in [-0.2, 0) is 4.79 Å². The van der Waals surface area contributed by atoms with Crippen LogP contribution in [-0.4, -0.2) is 44.3 Å². The molecule has 7 nitrogen and oxygen atoms in total. The summed E-state index contributed by atoms with van der Waals surface area (Å²) in [6.45, 7) is 2.04. The molecule has 0 unspecified atom stereocenters. The van der Waals surface area contributed by atoms with Gasteiger partial charge in [-0.2, -0.15) is 0 Å². The minimum Gasteiger partial charge on any atom is -0.481 e. The van der Waals surface area contributed by atoms with Crippen LogP contribution in [0.15, 0.2) is 42.6 Å². The fourth-order valence-electron chi connectivity index (χ4n) is 5.59. The molecule has 3 aromatic rings. The molecule has 0 bridgehead atoms. The van der Waals surface area contributed by atoms with Crippen LogP contribution >= 0.6 is 11.6 Å². The van der Waals surface area contributed by atoms with Crippen LogP contribution in [0.1, 0.15) is 44.9 Å². The summed E-state index contributed by atoms with van der Waals surface area (Å²) >= 11 is 6.28. The summed E-state index contributed by atoms with van der Waals surface area (Å²) in [6.07, 6.45) is 9.05. The third-order valence-electron chi connectivity index (χ3n) is 7.52. The number of aromatic amines is 1. The predicted octanol–water partition coefficient (Wildman–Crippen LogP) is 5.68. The van der Waals surface area contributed by atoms with E-state index in [4.69, 9.17) is 21.7 Å². The number of anilines is 1. The average Bonchev–Trinajstić information content (AvgIpc) is 3.35. The molecular weight excluding hydrogens is 450 g/mol. The molecule has 1 saturated heterocycles. The number of benzene rings is 1. The maximum Gasteiger partial charge on any atom is 0.303 e. The largest absolute Gasteiger partial charge is 0.481 e. The van der Waals surface area contributed by atoms with Crippen molar-refractivity contribution >= 4 is 23.4 Å².